The molecule has 12 heteroatoms. The smallest absolute Gasteiger partial charge is 0.226 e. The summed E-state index contributed by atoms with van der Waals surface area (Å²) in [7, 11) is 0. The van der Waals surface area contributed by atoms with Crippen LogP contribution >= 0.6 is 23.2 Å². The Hall–Kier alpha value is -4.01. The van der Waals surface area contributed by atoms with E-state index in [0.29, 0.717) is 64.7 Å². The van der Waals surface area contributed by atoms with Crippen LogP contribution in [-0.4, -0.2) is 50.8 Å². The number of hydrogen-bond acceptors (Lipinski definition) is 7. The first kappa shape index (κ1) is 32.9. The number of pyridine rings is 1. The van der Waals surface area contributed by atoms with Gasteiger partial charge in [-0.15, -0.1) is 0 Å². The van der Waals surface area contributed by atoms with Crippen molar-refractivity contribution in [1.82, 2.24) is 24.9 Å². The van der Waals surface area contributed by atoms with E-state index in [1.54, 1.807) is 18.2 Å². The Morgan fingerprint density at radius 1 is 1.18 bits per heavy atom. The predicted molar refractivity (Wildman–Crippen MR) is 192 cm³/mol. The molecule has 1 N–H and O–H groups in total. The SMILES string of the molecule is Cc1cc(COC2CC(c3cc4c(C)nc5c(F)c(-c6cccc(Cl)c6Cl)c(CCC#N)cc5c4n3C3C4CNC3C4)N(C(=O)C3CC3)C2)no1. The van der Waals surface area contributed by atoms with E-state index in [1.807, 2.05) is 30.9 Å². The molecule has 2 bridgehead atoms. The van der Waals surface area contributed by atoms with Gasteiger partial charge in [-0.3, -0.25) is 4.79 Å². The van der Waals surface area contributed by atoms with Gasteiger partial charge in [0.25, 0.3) is 0 Å². The molecule has 5 atom stereocenters. The molecule has 3 aliphatic heterocycles. The van der Waals surface area contributed by atoms with E-state index in [1.165, 1.54) is 0 Å². The van der Waals surface area contributed by atoms with Crippen LogP contribution in [0, 0.1) is 42.8 Å². The van der Waals surface area contributed by atoms with E-state index >= 15 is 4.39 Å². The van der Waals surface area contributed by atoms with Crippen molar-refractivity contribution in [2.45, 2.75) is 83.2 Å². The molecule has 5 aromatic rings. The number of aryl methyl sites for hydroxylation is 3. The number of carbonyl (C=O) groups is 1. The third-order valence-electron chi connectivity index (χ3n) is 11.4. The van der Waals surface area contributed by atoms with Gasteiger partial charge in [0.05, 0.1) is 46.4 Å². The zero-order chi connectivity index (χ0) is 35.1. The van der Waals surface area contributed by atoms with Crippen LogP contribution in [0.4, 0.5) is 4.39 Å². The molecule has 0 radical (unpaired) electrons. The van der Waals surface area contributed by atoms with E-state index in [4.69, 9.17) is 37.4 Å². The van der Waals surface area contributed by atoms with Gasteiger partial charge >= 0.3 is 0 Å². The number of nitrogens with one attached hydrogen (secondary N) is 1. The number of nitrogens with zero attached hydrogens (tertiary/aromatic N) is 5. The summed E-state index contributed by atoms with van der Waals surface area (Å²) in [6.45, 7) is 5.48. The first-order valence-corrected chi connectivity index (χ1v) is 18.5. The fourth-order valence-electron chi connectivity index (χ4n) is 8.79. The number of halogens is 3. The maximum atomic E-state index is 17.2. The van der Waals surface area contributed by atoms with E-state index in [9.17, 15) is 10.1 Å². The molecular weight excluding hydrogens is 690 g/mol. The summed E-state index contributed by atoms with van der Waals surface area (Å²) in [6, 6.07) is 13.7. The summed E-state index contributed by atoms with van der Waals surface area (Å²) < 4.78 is 31.2. The van der Waals surface area contributed by atoms with E-state index < -0.39 is 5.82 Å². The van der Waals surface area contributed by atoms with Gasteiger partial charge in [-0.05, 0) is 69.2 Å². The largest absolute Gasteiger partial charge is 0.370 e. The molecule has 5 aliphatic rings. The fourth-order valence-corrected chi connectivity index (χ4v) is 9.19. The highest BCUT2D eigenvalue weighted by Crippen LogP contribution is 2.51. The third kappa shape index (κ3) is 5.43. The number of carbonyl (C=O) groups excluding carboxylic acids is 1. The summed E-state index contributed by atoms with van der Waals surface area (Å²) >= 11 is 13.1. The monoisotopic (exact) mass is 726 g/mol. The zero-order valence-electron chi connectivity index (χ0n) is 28.4. The Morgan fingerprint density at radius 3 is 2.73 bits per heavy atom. The number of nitriles is 1. The zero-order valence-corrected chi connectivity index (χ0v) is 29.9. The minimum absolute atomic E-state index is 0.0431. The quantitative estimate of drug-likeness (QED) is 0.163. The lowest BCUT2D eigenvalue weighted by atomic mass is 9.79. The van der Waals surface area contributed by atoms with Crippen LogP contribution < -0.4 is 5.32 Å². The van der Waals surface area contributed by atoms with E-state index in [0.717, 1.165) is 53.9 Å². The molecule has 0 spiro atoms. The van der Waals surface area contributed by atoms with E-state index in [2.05, 4.69) is 27.2 Å². The molecule has 2 aliphatic carbocycles. The molecular formula is C39H37Cl2FN6O3. The number of ether oxygens (including phenoxy) is 1. The minimum atomic E-state index is -0.485. The fraction of sp³-hybridized carbons (Fsp3) is 0.436. The molecule has 1 amide bonds. The van der Waals surface area contributed by atoms with Gasteiger partial charge in [-0.1, -0.05) is 40.5 Å². The van der Waals surface area contributed by atoms with E-state index in [-0.39, 0.29) is 53.0 Å². The van der Waals surface area contributed by atoms with Crippen LogP contribution in [0.1, 0.15) is 72.6 Å². The highest BCUT2D eigenvalue weighted by Gasteiger charge is 2.51. The van der Waals surface area contributed by atoms with Crippen LogP contribution in [-0.2, 0) is 22.6 Å². The van der Waals surface area contributed by atoms with Crippen molar-refractivity contribution >= 4 is 50.9 Å². The lowest BCUT2D eigenvalue weighted by Gasteiger charge is -2.39. The van der Waals surface area contributed by atoms with Gasteiger partial charge in [0.15, 0.2) is 5.82 Å². The highest BCUT2D eigenvalue weighted by molar-refractivity contribution is 6.43. The lowest BCUT2D eigenvalue weighted by Crippen LogP contribution is -2.41. The molecule has 2 aromatic carbocycles. The molecule has 3 aromatic heterocycles. The Labute approximate surface area is 304 Å². The van der Waals surface area contributed by atoms with Crippen molar-refractivity contribution < 1.29 is 18.4 Å². The molecule has 3 saturated heterocycles. The van der Waals surface area contributed by atoms with Gasteiger partial charge in [-0.2, -0.15) is 5.26 Å². The summed E-state index contributed by atoms with van der Waals surface area (Å²) in [5, 5.41) is 19.6. The topological polar surface area (TPSA) is 109 Å². The Morgan fingerprint density at radius 2 is 2.02 bits per heavy atom. The van der Waals surface area contributed by atoms with Crippen molar-refractivity contribution in [3.8, 4) is 17.2 Å². The van der Waals surface area contributed by atoms with Gasteiger partial charge < -0.3 is 24.0 Å². The maximum Gasteiger partial charge on any atom is 0.226 e. The van der Waals surface area contributed by atoms with Gasteiger partial charge in [-0.25, -0.2) is 9.37 Å². The normalized spacial score (nSPS) is 24.1. The number of rotatable bonds is 9. The average molecular weight is 728 g/mol. The number of aromatic nitrogens is 3. The van der Waals surface area contributed by atoms with Crippen LogP contribution in [0.3, 0.4) is 0 Å². The first-order chi connectivity index (χ1) is 24.7. The molecule has 2 saturated carbocycles. The molecule has 6 heterocycles. The first-order valence-electron chi connectivity index (χ1n) is 17.8. The molecule has 51 heavy (non-hydrogen) atoms. The lowest BCUT2D eigenvalue weighted by molar-refractivity contribution is -0.134. The Balaban J connectivity index is 1.23. The molecule has 5 fully saturated rings. The average Bonchev–Trinajstić information content (AvgIpc) is 3.55. The Bertz CT molecular complexity index is 2260. The van der Waals surface area contributed by atoms with Gasteiger partial charge in [0.2, 0.25) is 5.91 Å². The molecule has 9 nitrogen and oxygen atoms in total. The van der Waals surface area contributed by atoms with Crippen LogP contribution in [0.25, 0.3) is 32.9 Å². The molecule has 5 unspecified atom stereocenters. The van der Waals surface area contributed by atoms with Crippen LogP contribution in [0.15, 0.2) is 40.9 Å². The number of amides is 1. The number of hydrogen-bond donors (Lipinski definition) is 1. The number of likely N-dealkylation sites (tertiary alicyclic amines) is 1. The molecule has 262 valence electrons. The number of fused-ring (bicyclic) bond motifs is 4. The van der Waals surface area contributed by atoms with Crippen molar-refractivity contribution in [2.75, 3.05) is 13.1 Å². The third-order valence-corrected chi connectivity index (χ3v) is 12.2. The highest BCUT2D eigenvalue weighted by atomic mass is 35.5. The summed E-state index contributed by atoms with van der Waals surface area (Å²) in [6.07, 6.45) is 3.86. The van der Waals surface area contributed by atoms with Gasteiger partial charge in [0, 0.05) is 77.2 Å². The summed E-state index contributed by atoms with van der Waals surface area (Å²) in [5.41, 5.74) is 5.09. The standard InChI is InChI=1S/C39H37Cl2FN6O3/c1-19-11-24(46-51-19)18-50-25-14-31(47(17-25)39(49)21-8-9-21)32-15-27-20(2)45-36-28(38(27)48(32)37-23-13-30(37)44-16-23)12-22(5-4-10-43)33(35(36)42)26-6-3-7-29(40)34(26)41/h3,6-7,11-12,15,21,23,25,30-31,37,44H,4-5,8-9,13-14,16-18H2,1-2H3. The summed E-state index contributed by atoms with van der Waals surface area (Å²) in [4.78, 5) is 20.9. The maximum absolute atomic E-state index is 17.2. The second kappa shape index (κ2) is 12.6. The van der Waals surface area contributed by atoms with Gasteiger partial charge in [0.1, 0.15) is 17.0 Å². The van der Waals surface area contributed by atoms with Crippen LogP contribution in [0.2, 0.25) is 10.0 Å². The van der Waals surface area contributed by atoms with Crippen molar-refractivity contribution in [3.05, 3.63) is 80.7 Å². The molecule has 10 rings (SSSR count). The minimum Gasteiger partial charge on any atom is -0.370 e. The predicted octanol–water partition coefficient (Wildman–Crippen LogP) is 8.17. The van der Waals surface area contributed by atoms with Crippen molar-refractivity contribution in [2.24, 2.45) is 11.8 Å². The Kier molecular flexibility index (Phi) is 8.11. The van der Waals surface area contributed by atoms with Crippen LogP contribution in [0.5, 0.6) is 0 Å². The summed E-state index contributed by atoms with van der Waals surface area (Å²) in [5.74, 6) is 0.866. The van der Waals surface area contributed by atoms with Crippen molar-refractivity contribution in [1.29, 1.82) is 5.26 Å². The van der Waals surface area contributed by atoms with Crippen molar-refractivity contribution in [3.63, 3.8) is 0 Å². The second-order valence-corrected chi connectivity index (χ2v) is 15.4. The second-order valence-electron chi connectivity index (χ2n) is 14.7. The number of benzene rings is 2.